The van der Waals surface area contributed by atoms with Crippen molar-refractivity contribution in [2.45, 2.75) is 61.4 Å². The highest BCUT2D eigenvalue weighted by Gasteiger charge is 2.25. The number of anilines is 1. The van der Waals surface area contributed by atoms with Crippen LogP contribution in [0.1, 0.15) is 49.9 Å². The van der Waals surface area contributed by atoms with E-state index < -0.39 is 0 Å². The Bertz CT molecular complexity index is 1360. The minimum Gasteiger partial charge on any atom is -0.398 e. The number of pyridine rings is 1. The SMILES string of the molecule is CCNC1CCC(n2ncc(-c3cc(Sc4ccccc4N)c4c(C#N)cnn4c3)c2C)CC1. The van der Waals surface area contributed by atoms with Gasteiger partial charge in [0.15, 0.2) is 0 Å². The van der Waals surface area contributed by atoms with Crippen LogP contribution in [-0.2, 0) is 0 Å². The van der Waals surface area contributed by atoms with Gasteiger partial charge in [0, 0.05) is 44.5 Å². The molecule has 0 saturated heterocycles. The lowest BCUT2D eigenvalue weighted by atomic mass is 9.91. The normalized spacial score (nSPS) is 18.3. The molecule has 0 radical (unpaired) electrons. The fourth-order valence-corrected chi connectivity index (χ4v) is 6.03. The van der Waals surface area contributed by atoms with E-state index in [4.69, 9.17) is 10.8 Å². The van der Waals surface area contributed by atoms with Crippen molar-refractivity contribution < 1.29 is 0 Å². The van der Waals surface area contributed by atoms with Crippen LogP contribution < -0.4 is 11.1 Å². The molecule has 4 aromatic rings. The van der Waals surface area contributed by atoms with Gasteiger partial charge in [-0.25, -0.2) is 4.52 Å². The molecule has 1 saturated carbocycles. The first-order chi connectivity index (χ1) is 16.6. The van der Waals surface area contributed by atoms with E-state index in [2.05, 4.69) is 41.1 Å². The zero-order valence-electron chi connectivity index (χ0n) is 19.5. The fraction of sp³-hybridized carbons (Fsp3) is 0.346. The van der Waals surface area contributed by atoms with Crippen LogP contribution in [0.15, 0.2) is 58.7 Å². The van der Waals surface area contributed by atoms with Gasteiger partial charge >= 0.3 is 0 Å². The van der Waals surface area contributed by atoms with Crippen molar-refractivity contribution in [2.75, 3.05) is 12.3 Å². The molecule has 1 fully saturated rings. The number of para-hydroxylation sites is 1. The summed E-state index contributed by atoms with van der Waals surface area (Å²) in [7, 11) is 0. The van der Waals surface area contributed by atoms with Gasteiger partial charge in [0.2, 0.25) is 0 Å². The Morgan fingerprint density at radius 2 is 1.94 bits per heavy atom. The largest absolute Gasteiger partial charge is 0.398 e. The number of nitrogens with two attached hydrogens (primary N) is 1. The number of rotatable bonds is 6. The van der Waals surface area contributed by atoms with Crippen molar-refractivity contribution in [3.8, 4) is 17.2 Å². The minimum atomic E-state index is 0.431. The Labute approximate surface area is 204 Å². The predicted molar refractivity (Wildman–Crippen MR) is 136 cm³/mol. The van der Waals surface area contributed by atoms with Crippen molar-refractivity contribution in [3.63, 3.8) is 0 Å². The van der Waals surface area contributed by atoms with E-state index >= 15 is 0 Å². The number of benzene rings is 1. The number of nitrogens with zero attached hydrogens (tertiary/aromatic N) is 5. The van der Waals surface area contributed by atoms with Gasteiger partial charge in [-0.2, -0.15) is 15.5 Å². The van der Waals surface area contributed by atoms with Gasteiger partial charge in [-0.3, -0.25) is 4.68 Å². The third-order valence-electron chi connectivity index (χ3n) is 6.73. The minimum absolute atomic E-state index is 0.431. The highest BCUT2D eigenvalue weighted by Crippen LogP contribution is 2.39. The lowest BCUT2D eigenvalue weighted by Gasteiger charge is -2.30. The molecule has 0 spiro atoms. The zero-order chi connectivity index (χ0) is 23.7. The maximum Gasteiger partial charge on any atom is 0.103 e. The topological polar surface area (TPSA) is 97.0 Å². The predicted octanol–water partition coefficient (Wildman–Crippen LogP) is 5.20. The monoisotopic (exact) mass is 471 g/mol. The van der Waals surface area contributed by atoms with Crippen molar-refractivity contribution in [3.05, 3.63) is 60.2 Å². The summed E-state index contributed by atoms with van der Waals surface area (Å²) in [6.07, 6.45) is 10.2. The number of nitrogen functional groups attached to an aromatic ring is 1. The van der Waals surface area contributed by atoms with Crippen LogP contribution in [0.2, 0.25) is 0 Å². The standard InChI is InChI=1S/C26H29N7S/c1-3-29-20-8-10-21(11-9-20)33-17(2)22(15-31-33)18-12-25(34-24-7-5-4-6-23(24)28)26-19(13-27)14-30-32(26)16-18/h4-7,12,14-16,20-21,29H,3,8-11,28H2,1-2H3. The van der Waals surface area contributed by atoms with E-state index in [1.807, 2.05) is 36.7 Å². The average Bonchev–Trinajstić information content (AvgIpc) is 3.44. The maximum absolute atomic E-state index is 9.64. The Hall–Kier alpha value is -3.28. The first-order valence-electron chi connectivity index (χ1n) is 11.8. The van der Waals surface area contributed by atoms with Crippen LogP contribution in [0.3, 0.4) is 0 Å². The van der Waals surface area contributed by atoms with Crippen LogP contribution in [-0.4, -0.2) is 32.0 Å². The van der Waals surface area contributed by atoms with Crippen LogP contribution in [0, 0.1) is 18.3 Å². The number of nitrogens with one attached hydrogen (secondary N) is 1. The second kappa shape index (κ2) is 9.53. The van der Waals surface area contributed by atoms with Gasteiger partial charge in [-0.1, -0.05) is 30.8 Å². The molecule has 3 aromatic heterocycles. The van der Waals surface area contributed by atoms with Crippen LogP contribution in [0.25, 0.3) is 16.6 Å². The molecule has 7 nitrogen and oxygen atoms in total. The molecule has 3 N–H and O–H groups in total. The van der Waals surface area contributed by atoms with Crippen LogP contribution >= 0.6 is 11.8 Å². The number of hydrogen-bond donors (Lipinski definition) is 2. The van der Waals surface area contributed by atoms with Crippen molar-refractivity contribution in [2.24, 2.45) is 0 Å². The lowest BCUT2D eigenvalue weighted by molar-refractivity contribution is 0.276. The summed E-state index contributed by atoms with van der Waals surface area (Å²) >= 11 is 1.56. The van der Waals surface area contributed by atoms with Crippen molar-refractivity contribution in [1.29, 1.82) is 5.26 Å². The molecule has 5 rings (SSSR count). The van der Waals surface area contributed by atoms with Crippen molar-refractivity contribution >= 4 is 23.0 Å². The lowest BCUT2D eigenvalue weighted by Crippen LogP contribution is -2.33. The van der Waals surface area contributed by atoms with E-state index in [9.17, 15) is 5.26 Å². The molecular formula is C26H29N7S. The number of fused-ring (bicyclic) bond motifs is 1. The van der Waals surface area contributed by atoms with Crippen LogP contribution in [0.4, 0.5) is 5.69 Å². The smallest absolute Gasteiger partial charge is 0.103 e. The Kier molecular flexibility index (Phi) is 6.31. The van der Waals surface area contributed by atoms with Gasteiger partial charge in [0.25, 0.3) is 0 Å². The van der Waals surface area contributed by atoms with E-state index in [-0.39, 0.29) is 0 Å². The number of hydrogen-bond acceptors (Lipinski definition) is 6. The van der Waals surface area contributed by atoms with Gasteiger partial charge in [-0.05, 0) is 57.4 Å². The second-order valence-electron chi connectivity index (χ2n) is 8.85. The summed E-state index contributed by atoms with van der Waals surface area (Å²) in [5.41, 5.74) is 11.6. The van der Waals surface area contributed by atoms with E-state index in [0.717, 1.165) is 51.5 Å². The summed E-state index contributed by atoms with van der Waals surface area (Å²) < 4.78 is 4.00. The van der Waals surface area contributed by atoms with Crippen molar-refractivity contribution in [1.82, 2.24) is 24.7 Å². The summed E-state index contributed by atoms with van der Waals surface area (Å²) in [6.45, 7) is 5.35. The van der Waals surface area contributed by atoms with Gasteiger partial charge in [0.1, 0.15) is 6.07 Å². The molecule has 8 heteroatoms. The molecule has 1 aromatic carbocycles. The summed E-state index contributed by atoms with van der Waals surface area (Å²) in [5, 5.41) is 22.5. The highest BCUT2D eigenvalue weighted by atomic mass is 32.2. The summed E-state index contributed by atoms with van der Waals surface area (Å²) in [6, 6.07) is 13.2. The van der Waals surface area contributed by atoms with Crippen LogP contribution in [0.5, 0.6) is 0 Å². The maximum atomic E-state index is 9.64. The quantitative estimate of drug-likeness (QED) is 0.375. The molecule has 0 atom stereocenters. The van der Waals surface area contributed by atoms with Gasteiger partial charge in [0.05, 0.1) is 29.5 Å². The van der Waals surface area contributed by atoms with Gasteiger partial charge in [-0.15, -0.1) is 0 Å². The molecule has 34 heavy (non-hydrogen) atoms. The fourth-order valence-electron chi connectivity index (χ4n) is 4.97. The summed E-state index contributed by atoms with van der Waals surface area (Å²) in [4.78, 5) is 1.90. The average molecular weight is 472 g/mol. The van der Waals surface area contributed by atoms with E-state index in [1.165, 1.54) is 12.8 Å². The van der Waals surface area contributed by atoms with Gasteiger partial charge < -0.3 is 11.1 Å². The Morgan fingerprint density at radius 3 is 2.68 bits per heavy atom. The second-order valence-corrected chi connectivity index (χ2v) is 9.93. The molecule has 0 bridgehead atoms. The van der Waals surface area contributed by atoms with E-state index in [1.54, 1.807) is 22.5 Å². The zero-order valence-corrected chi connectivity index (χ0v) is 20.3. The molecule has 1 aliphatic rings. The highest BCUT2D eigenvalue weighted by molar-refractivity contribution is 7.99. The first-order valence-corrected chi connectivity index (χ1v) is 12.6. The third-order valence-corrected chi connectivity index (χ3v) is 7.85. The molecule has 3 heterocycles. The summed E-state index contributed by atoms with van der Waals surface area (Å²) in [5.74, 6) is 0. The molecule has 0 aliphatic heterocycles. The molecule has 174 valence electrons. The molecular weight excluding hydrogens is 442 g/mol. The third kappa shape index (κ3) is 4.17. The Morgan fingerprint density at radius 1 is 1.15 bits per heavy atom. The molecule has 0 amide bonds. The molecule has 0 unspecified atom stereocenters. The number of aromatic nitrogens is 4. The Balaban J connectivity index is 1.51. The van der Waals surface area contributed by atoms with E-state index in [0.29, 0.717) is 23.3 Å². The first kappa shape index (κ1) is 22.5. The number of nitriles is 1. The molecule has 1 aliphatic carbocycles.